The Morgan fingerprint density at radius 1 is 0.595 bits per heavy atom. The van der Waals surface area contributed by atoms with E-state index < -0.39 is 5.54 Å². The summed E-state index contributed by atoms with van der Waals surface area (Å²) >= 11 is 3.02. The van der Waals surface area contributed by atoms with Gasteiger partial charge in [0.1, 0.15) is 0 Å². The molecule has 7 heteroatoms. The SMILES string of the molecule is CC(C)CNC1(c2ccccc2)[C]([Ru+3])=C(c2ccccc2)C(c2ccccc2)=C1c1ccccc1.[C]=O.[C]=O.[Cl-].[Cl-].[Cl-]. The summed E-state index contributed by atoms with van der Waals surface area (Å²) in [6.45, 7) is 14.4. The van der Waals surface area contributed by atoms with Crippen LogP contribution >= 0.6 is 0 Å². The van der Waals surface area contributed by atoms with E-state index in [2.05, 4.69) is 172 Å². The Labute approximate surface area is 278 Å². The van der Waals surface area contributed by atoms with Crippen LogP contribution in [0.5, 0.6) is 0 Å². The predicted molar refractivity (Wildman–Crippen MR) is 155 cm³/mol. The average Bonchev–Trinajstić information content (AvgIpc) is 3.28. The molecular formula is C35H30Cl3NO2Ru. The molecule has 42 heavy (non-hydrogen) atoms. The Hall–Kier alpha value is -2.85. The van der Waals surface area contributed by atoms with Gasteiger partial charge in [-0.2, -0.15) is 0 Å². The number of halogens is 3. The number of allylic oxidation sites excluding steroid dienone is 2. The van der Waals surface area contributed by atoms with E-state index in [1.807, 2.05) is 0 Å². The minimum atomic E-state index is -0.472. The van der Waals surface area contributed by atoms with Crippen LogP contribution in [0.25, 0.3) is 16.7 Å². The van der Waals surface area contributed by atoms with Gasteiger partial charge >= 0.3 is 220 Å². The summed E-state index contributed by atoms with van der Waals surface area (Å²) < 4.78 is 1.27. The van der Waals surface area contributed by atoms with Gasteiger partial charge in [-0.05, 0) is 0 Å². The molecule has 1 unspecified atom stereocenters. The molecule has 0 amide bonds. The predicted octanol–water partition coefficient (Wildman–Crippen LogP) is -2.07. The Morgan fingerprint density at radius 3 is 1.36 bits per heavy atom. The van der Waals surface area contributed by atoms with Crippen LogP contribution in [0.3, 0.4) is 0 Å². The molecule has 0 saturated carbocycles. The van der Waals surface area contributed by atoms with Crippen molar-refractivity contribution in [3.05, 3.63) is 148 Å². The molecule has 0 aliphatic heterocycles. The Balaban J connectivity index is 0.00000230. The molecule has 4 radical (unpaired) electrons. The van der Waals surface area contributed by atoms with Crippen molar-refractivity contribution in [2.24, 2.45) is 5.92 Å². The third-order valence-electron chi connectivity index (χ3n) is 6.58. The van der Waals surface area contributed by atoms with Crippen molar-refractivity contribution in [3.8, 4) is 0 Å². The molecule has 0 heterocycles. The topological polar surface area (TPSA) is 46.2 Å². The third kappa shape index (κ3) is 8.16. The fourth-order valence-electron chi connectivity index (χ4n) is 5.02. The standard InChI is InChI=1S/C33H30N.2CO.3ClH.Ru/c1-25(2)24-34-33(29-21-13-6-14-22-29)23-30(26-15-7-3-8-16-26)31(27-17-9-4-10-18-27)32(33)28-19-11-5-12-20-28;2*1-2;;;;/h3-22,25,34H,24H2,1-2H3;;;3*1H;/q;;;;;;+3/p-3. The van der Waals surface area contributed by atoms with E-state index >= 15 is 0 Å². The van der Waals surface area contributed by atoms with Gasteiger partial charge in [-0.25, -0.2) is 0 Å². The summed E-state index contributed by atoms with van der Waals surface area (Å²) in [4.78, 5) is 15.0. The molecule has 0 bridgehead atoms. The quantitative estimate of drug-likeness (QED) is 0.225. The first-order chi connectivity index (χ1) is 19.1. The Bertz CT molecular complexity index is 1400. The molecule has 216 valence electrons. The summed E-state index contributed by atoms with van der Waals surface area (Å²) in [5, 5.41) is 4.08. The van der Waals surface area contributed by atoms with Crippen molar-refractivity contribution in [2.75, 3.05) is 6.54 Å². The monoisotopic (exact) mass is 703 g/mol. The van der Waals surface area contributed by atoms with Crippen molar-refractivity contribution in [1.29, 1.82) is 0 Å². The van der Waals surface area contributed by atoms with E-state index in [9.17, 15) is 0 Å². The summed E-state index contributed by atoms with van der Waals surface area (Å²) in [5.41, 5.74) is 8.37. The minimum Gasteiger partial charge on any atom is -1.00 e. The van der Waals surface area contributed by atoms with Crippen molar-refractivity contribution in [3.63, 3.8) is 0 Å². The fourth-order valence-corrected chi connectivity index (χ4v) is 6.11. The van der Waals surface area contributed by atoms with Crippen LogP contribution in [-0.2, 0) is 33.4 Å². The zero-order valence-electron chi connectivity index (χ0n) is 23.1. The molecule has 1 atom stereocenters. The molecule has 0 aromatic heterocycles. The zero-order valence-corrected chi connectivity index (χ0v) is 27.1. The maximum absolute atomic E-state index is 7.50. The summed E-state index contributed by atoms with van der Waals surface area (Å²) in [5.74, 6) is 0.507. The molecule has 4 aromatic carbocycles. The summed E-state index contributed by atoms with van der Waals surface area (Å²) in [6.07, 6.45) is 0. The Kier molecular flexibility index (Phi) is 18.1. The zero-order chi connectivity index (χ0) is 28.3. The van der Waals surface area contributed by atoms with Crippen LogP contribution in [0.2, 0.25) is 0 Å². The second-order valence-electron chi connectivity index (χ2n) is 9.42. The molecule has 0 saturated heterocycles. The van der Waals surface area contributed by atoms with Crippen LogP contribution in [0, 0.1) is 5.92 Å². The first-order valence-electron chi connectivity index (χ1n) is 12.6. The van der Waals surface area contributed by atoms with Gasteiger partial charge in [0.15, 0.2) is 0 Å². The maximum atomic E-state index is 7.50. The second-order valence-corrected chi connectivity index (χ2v) is 10.3. The number of hydrogen-bond acceptors (Lipinski definition) is 3. The van der Waals surface area contributed by atoms with Gasteiger partial charge in [0.05, 0.1) is 0 Å². The molecule has 0 fully saturated rings. The van der Waals surface area contributed by atoms with Crippen molar-refractivity contribution >= 4 is 30.3 Å². The average molecular weight is 704 g/mol. The van der Waals surface area contributed by atoms with Crippen LogP contribution < -0.4 is 42.5 Å². The van der Waals surface area contributed by atoms with Gasteiger partial charge in [0.25, 0.3) is 13.6 Å². The van der Waals surface area contributed by atoms with Crippen molar-refractivity contribution in [2.45, 2.75) is 19.4 Å². The van der Waals surface area contributed by atoms with Crippen molar-refractivity contribution in [1.82, 2.24) is 5.32 Å². The number of hydrogen-bond donors (Lipinski definition) is 1. The molecule has 1 aliphatic rings. The first-order valence-corrected chi connectivity index (χ1v) is 13.5. The third-order valence-corrected chi connectivity index (χ3v) is 7.66. The smallest absolute Gasteiger partial charge is 0.281 e. The van der Waals surface area contributed by atoms with Gasteiger partial charge in [-0.15, -0.1) is 0 Å². The van der Waals surface area contributed by atoms with E-state index in [0.717, 1.165) is 6.54 Å². The largest absolute Gasteiger partial charge is 1.00 e. The van der Waals surface area contributed by atoms with Crippen LogP contribution in [0.1, 0.15) is 36.1 Å². The van der Waals surface area contributed by atoms with Crippen molar-refractivity contribution < 1.29 is 65.1 Å². The van der Waals surface area contributed by atoms with Gasteiger partial charge < -0.3 is 37.2 Å². The molecule has 3 nitrogen and oxygen atoms in total. The molecule has 1 aliphatic carbocycles. The van der Waals surface area contributed by atoms with Gasteiger partial charge in [0, 0.05) is 0 Å². The Morgan fingerprint density at radius 2 is 0.952 bits per heavy atom. The minimum absolute atomic E-state index is 0. The van der Waals surface area contributed by atoms with E-state index in [1.54, 1.807) is 0 Å². The molecule has 1 N–H and O–H groups in total. The summed E-state index contributed by atoms with van der Waals surface area (Å²) in [7, 11) is 0. The second kappa shape index (κ2) is 19.4. The molecule has 0 spiro atoms. The number of carbonyl (C=O) groups excluding carboxylic acids is 2. The first kappa shape index (κ1) is 39.2. The number of nitrogens with one attached hydrogen (secondary N) is 1. The van der Waals surface area contributed by atoms with Crippen LogP contribution in [0.4, 0.5) is 0 Å². The number of benzene rings is 4. The van der Waals surface area contributed by atoms with Gasteiger partial charge in [0.2, 0.25) is 0 Å². The van der Waals surface area contributed by atoms with Gasteiger partial charge in [-0.1, -0.05) is 0 Å². The normalized spacial score (nSPS) is 15.1. The molecule has 5 rings (SSSR count). The van der Waals surface area contributed by atoms with Crippen LogP contribution in [-0.4, -0.2) is 20.1 Å². The van der Waals surface area contributed by atoms with Gasteiger partial charge in [-0.3, -0.25) is 9.59 Å². The summed E-state index contributed by atoms with van der Waals surface area (Å²) in [6, 6.07) is 43.5. The molecule has 4 aromatic rings. The van der Waals surface area contributed by atoms with E-state index in [1.165, 1.54) is 43.1 Å². The van der Waals surface area contributed by atoms with E-state index in [-0.39, 0.29) is 37.2 Å². The van der Waals surface area contributed by atoms with E-state index in [4.69, 9.17) is 9.59 Å². The number of rotatable bonds is 7. The molecular weight excluding hydrogens is 674 g/mol. The fraction of sp³-hybridized carbons (Fsp3) is 0.143. The van der Waals surface area contributed by atoms with Crippen LogP contribution in [0.15, 0.2) is 125 Å². The van der Waals surface area contributed by atoms with E-state index in [0.29, 0.717) is 5.92 Å². The maximum Gasteiger partial charge on any atom is 0.281 e.